The van der Waals surface area contributed by atoms with E-state index in [-0.39, 0.29) is 11.5 Å². The van der Waals surface area contributed by atoms with Crippen LogP contribution in [-0.2, 0) is 19.1 Å². The Morgan fingerprint density at radius 1 is 0.750 bits per heavy atom. The summed E-state index contributed by atoms with van der Waals surface area (Å²) < 4.78 is 10.5. The smallest absolute Gasteiger partial charge is 0.345 e. The van der Waals surface area contributed by atoms with Gasteiger partial charge in [-0.05, 0) is 31.6 Å². The fourth-order valence-corrected chi connectivity index (χ4v) is 2.38. The molecule has 0 saturated heterocycles. The monoisotopic (exact) mass is 340 g/mol. The first-order valence-electron chi connectivity index (χ1n) is 9.66. The molecule has 0 radical (unpaired) electrons. The zero-order valence-electron chi connectivity index (χ0n) is 16.1. The first-order chi connectivity index (χ1) is 11.6. The zero-order valence-corrected chi connectivity index (χ0v) is 16.1. The molecular weight excluding hydrogens is 304 g/mol. The van der Waals surface area contributed by atoms with Gasteiger partial charge in [-0.3, -0.25) is 0 Å². The summed E-state index contributed by atoms with van der Waals surface area (Å²) in [6.45, 7) is 9.03. The van der Waals surface area contributed by atoms with Crippen molar-refractivity contribution in [3.8, 4) is 0 Å². The summed E-state index contributed by atoms with van der Waals surface area (Å²) in [6, 6.07) is 0. The molecule has 0 bridgehead atoms. The van der Waals surface area contributed by atoms with E-state index in [9.17, 15) is 9.59 Å². The van der Waals surface area contributed by atoms with Crippen LogP contribution in [0.3, 0.4) is 0 Å². The average Bonchev–Trinajstić information content (AvgIpc) is 2.57. The van der Waals surface area contributed by atoms with Crippen LogP contribution in [0.25, 0.3) is 0 Å². The lowest BCUT2D eigenvalue weighted by Crippen LogP contribution is -2.20. The van der Waals surface area contributed by atoms with Crippen molar-refractivity contribution >= 4 is 11.9 Å². The van der Waals surface area contributed by atoms with Gasteiger partial charge in [0.1, 0.15) is 5.57 Å². The molecule has 4 heteroatoms. The summed E-state index contributed by atoms with van der Waals surface area (Å²) in [6.07, 6.45) is 10.5. The molecular formula is C20H36O4. The van der Waals surface area contributed by atoms with Gasteiger partial charge in [-0.25, -0.2) is 9.59 Å². The van der Waals surface area contributed by atoms with Crippen LogP contribution in [0.2, 0.25) is 0 Å². The van der Waals surface area contributed by atoms with Crippen molar-refractivity contribution in [2.75, 3.05) is 13.2 Å². The Morgan fingerprint density at radius 2 is 1.25 bits per heavy atom. The van der Waals surface area contributed by atoms with E-state index >= 15 is 0 Å². The number of hydrogen-bond donors (Lipinski definition) is 0. The lowest BCUT2D eigenvalue weighted by atomic mass is 9.94. The van der Waals surface area contributed by atoms with Gasteiger partial charge in [0.15, 0.2) is 0 Å². The van der Waals surface area contributed by atoms with E-state index in [4.69, 9.17) is 9.47 Å². The van der Waals surface area contributed by atoms with Crippen molar-refractivity contribution in [3.05, 3.63) is 11.6 Å². The van der Waals surface area contributed by atoms with Gasteiger partial charge in [-0.1, -0.05) is 65.9 Å². The summed E-state index contributed by atoms with van der Waals surface area (Å²) >= 11 is 0. The largest absolute Gasteiger partial charge is 0.462 e. The molecule has 0 aromatic rings. The molecule has 0 saturated carbocycles. The molecule has 0 rings (SSSR count). The summed E-state index contributed by atoms with van der Waals surface area (Å²) in [5, 5.41) is 0. The highest BCUT2D eigenvalue weighted by atomic mass is 16.6. The Labute approximate surface area is 148 Å². The van der Waals surface area contributed by atoms with Crippen molar-refractivity contribution in [2.45, 2.75) is 85.5 Å². The van der Waals surface area contributed by atoms with Crippen LogP contribution in [-0.4, -0.2) is 25.2 Å². The number of esters is 2. The normalized spacial score (nSPS) is 11.7. The van der Waals surface area contributed by atoms with Crippen LogP contribution >= 0.6 is 0 Å². The molecule has 0 N–H and O–H groups in total. The number of allylic oxidation sites excluding steroid dienone is 1. The molecule has 0 amide bonds. The van der Waals surface area contributed by atoms with Crippen LogP contribution in [0.4, 0.5) is 0 Å². The Hall–Kier alpha value is -1.32. The molecule has 0 aliphatic rings. The van der Waals surface area contributed by atoms with Gasteiger partial charge in [-0.2, -0.15) is 0 Å². The number of ether oxygens (including phenoxy) is 2. The predicted octanol–water partition coefficient (Wildman–Crippen LogP) is 5.21. The molecule has 0 heterocycles. The first-order valence-corrected chi connectivity index (χ1v) is 9.66. The maximum atomic E-state index is 12.3. The van der Waals surface area contributed by atoms with Gasteiger partial charge in [0, 0.05) is 0 Å². The molecule has 0 spiro atoms. The Bertz CT molecular complexity index is 350. The first kappa shape index (κ1) is 22.7. The molecule has 1 atom stereocenters. The third-order valence-corrected chi connectivity index (χ3v) is 3.89. The van der Waals surface area contributed by atoms with Gasteiger partial charge in [0.05, 0.1) is 13.2 Å². The van der Waals surface area contributed by atoms with E-state index in [1.54, 1.807) is 6.08 Å². The summed E-state index contributed by atoms with van der Waals surface area (Å²) in [4.78, 5) is 24.6. The highest BCUT2D eigenvalue weighted by molar-refractivity contribution is 6.14. The summed E-state index contributed by atoms with van der Waals surface area (Å²) in [7, 11) is 0. The van der Waals surface area contributed by atoms with E-state index < -0.39 is 11.9 Å². The maximum absolute atomic E-state index is 12.3. The van der Waals surface area contributed by atoms with Crippen LogP contribution in [0.15, 0.2) is 11.6 Å². The minimum Gasteiger partial charge on any atom is -0.462 e. The Balaban J connectivity index is 5.05. The second-order valence-corrected chi connectivity index (χ2v) is 6.25. The number of unbranched alkanes of at least 4 members (excludes halogenated alkanes) is 3. The predicted molar refractivity (Wildman–Crippen MR) is 97.7 cm³/mol. The second kappa shape index (κ2) is 15.2. The van der Waals surface area contributed by atoms with E-state index in [0.717, 1.165) is 57.8 Å². The van der Waals surface area contributed by atoms with Crippen LogP contribution in [0, 0.1) is 5.92 Å². The van der Waals surface area contributed by atoms with Crippen molar-refractivity contribution in [2.24, 2.45) is 5.92 Å². The van der Waals surface area contributed by atoms with Crippen molar-refractivity contribution in [1.82, 2.24) is 0 Å². The summed E-state index contributed by atoms with van der Waals surface area (Å²) in [5.41, 5.74) is 0.0803. The van der Waals surface area contributed by atoms with Crippen molar-refractivity contribution in [3.63, 3.8) is 0 Å². The van der Waals surface area contributed by atoms with Gasteiger partial charge >= 0.3 is 11.9 Å². The van der Waals surface area contributed by atoms with Crippen LogP contribution in [0.5, 0.6) is 0 Å². The van der Waals surface area contributed by atoms with Crippen LogP contribution < -0.4 is 0 Å². The number of hydrogen-bond acceptors (Lipinski definition) is 4. The molecule has 4 nitrogen and oxygen atoms in total. The van der Waals surface area contributed by atoms with E-state index in [2.05, 4.69) is 13.8 Å². The van der Waals surface area contributed by atoms with Crippen LogP contribution in [0.1, 0.15) is 85.5 Å². The maximum Gasteiger partial charge on any atom is 0.345 e. The van der Waals surface area contributed by atoms with E-state index in [1.165, 1.54) is 0 Å². The lowest BCUT2D eigenvalue weighted by Gasteiger charge is -2.14. The lowest BCUT2D eigenvalue weighted by molar-refractivity contribution is -0.147. The van der Waals surface area contributed by atoms with Crippen molar-refractivity contribution < 1.29 is 19.1 Å². The topological polar surface area (TPSA) is 52.6 Å². The van der Waals surface area contributed by atoms with Gasteiger partial charge < -0.3 is 9.47 Å². The third kappa shape index (κ3) is 10.5. The molecule has 0 aliphatic heterocycles. The second-order valence-electron chi connectivity index (χ2n) is 6.25. The molecule has 0 fully saturated rings. The van der Waals surface area contributed by atoms with E-state index in [1.807, 2.05) is 13.8 Å². The highest BCUT2D eigenvalue weighted by Crippen LogP contribution is 2.19. The SMILES string of the molecule is CCCCOC(=O)C(=CC(CCC)CCCC)C(=O)OCCCC. The number of carbonyl (C=O) groups excluding carboxylic acids is 2. The van der Waals surface area contributed by atoms with Gasteiger partial charge in [0.25, 0.3) is 0 Å². The molecule has 1 unspecified atom stereocenters. The molecule has 0 aromatic heterocycles. The van der Waals surface area contributed by atoms with Gasteiger partial charge in [0.2, 0.25) is 0 Å². The molecule has 0 aliphatic carbocycles. The Kier molecular flexibility index (Phi) is 14.4. The fraction of sp³-hybridized carbons (Fsp3) is 0.800. The number of rotatable bonds is 14. The Morgan fingerprint density at radius 3 is 1.67 bits per heavy atom. The minimum atomic E-state index is -0.539. The van der Waals surface area contributed by atoms with Crippen molar-refractivity contribution in [1.29, 1.82) is 0 Å². The van der Waals surface area contributed by atoms with Gasteiger partial charge in [-0.15, -0.1) is 0 Å². The number of carbonyl (C=O) groups is 2. The average molecular weight is 341 g/mol. The summed E-state index contributed by atoms with van der Waals surface area (Å²) in [5.74, 6) is -0.854. The zero-order chi connectivity index (χ0) is 18.2. The molecule has 0 aromatic carbocycles. The molecule has 140 valence electrons. The third-order valence-electron chi connectivity index (χ3n) is 3.89. The highest BCUT2D eigenvalue weighted by Gasteiger charge is 2.23. The standard InChI is InChI=1S/C20H36O4/c1-5-9-13-17(12-8-4)16-18(19(21)23-14-10-6-2)20(22)24-15-11-7-3/h16-17H,5-15H2,1-4H3. The fourth-order valence-electron chi connectivity index (χ4n) is 2.38. The molecule has 24 heavy (non-hydrogen) atoms. The quantitative estimate of drug-likeness (QED) is 0.143. The minimum absolute atomic E-state index is 0.0803. The van der Waals surface area contributed by atoms with E-state index in [0.29, 0.717) is 13.2 Å².